The number of allylic oxidation sites excluding steroid dienone is 1. The number of hydrogen-bond donors (Lipinski definition) is 2. The first-order chi connectivity index (χ1) is 11.1. The van der Waals surface area contributed by atoms with Crippen molar-refractivity contribution in [1.29, 1.82) is 0 Å². The Labute approximate surface area is 140 Å². The lowest BCUT2D eigenvalue weighted by atomic mass is 9.66. The number of phenols is 2. The van der Waals surface area contributed by atoms with Gasteiger partial charge in [0, 0.05) is 5.92 Å². The second kappa shape index (κ2) is 5.45. The van der Waals surface area contributed by atoms with E-state index in [4.69, 9.17) is 4.74 Å². The van der Waals surface area contributed by atoms with Gasteiger partial charge in [-0.3, -0.25) is 9.59 Å². The summed E-state index contributed by atoms with van der Waals surface area (Å²) in [5.74, 6) is -2.45. The van der Waals surface area contributed by atoms with E-state index in [1.54, 1.807) is 0 Å². The minimum Gasteiger partial charge on any atom is -0.507 e. The molecule has 1 aromatic carbocycles. The highest BCUT2D eigenvalue weighted by atomic mass is 16.5. The number of rotatable bonds is 1. The average Bonchev–Trinajstić information content (AvgIpc) is 2.44. The molecule has 0 saturated carbocycles. The molecule has 0 aromatic heterocycles. The van der Waals surface area contributed by atoms with Crippen LogP contribution >= 0.6 is 0 Å². The molecule has 2 aliphatic carbocycles. The van der Waals surface area contributed by atoms with Gasteiger partial charge >= 0.3 is 0 Å². The zero-order chi connectivity index (χ0) is 17.8. The lowest BCUT2D eigenvalue weighted by Gasteiger charge is -2.40. The lowest BCUT2D eigenvalue weighted by molar-refractivity contribution is -0.0667. The Morgan fingerprint density at radius 1 is 1.04 bits per heavy atom. The molecule has 0 radical (unpaired) electrons. The third kappa shape index (κ3) is 2.63. The van der Waals surface area contributed by atoms with Crippen LogP contribution in [0.5, 0.6) is 11.5 Å². The highest BCUT2D eigenvalue weighted by Gasteiger charge is 2.49. The maximum Gasteiger partial charge on any atom is 0.174 e. The van der Waals surface area contributed by atoms with Gasteiger partial charge in [0.25, 0.3) is 0 Å². The fourth-order valence-electron chi connectivity index (χ4n) is 3.69. The summed E-state index contributed by atoms with van der Waals surface area (Å²) < 4.78 is 6.03. The topological polar surface area (TPSA) is 83.8 Å². The average molecular weight is 330 g/mol. The van der Waals surface area contributed by atoms with E-state index in [1.165, 1.54) is 12.1 Å². The van der Waals surface area contributed by atoms with Crippen molar-refractivity contribution >= 4 is 11.6 Å². The van der Waals surface area contributed by atoms with Crippen LogP contribution in [0.3, 0.4) is 0 Å². The third-order valence-corrected chi connectivity index (χ3v) is 4.56. The van der Waals surface area contributed by atoms with E-state index in [0.29, 0.717) is 6.42 Å². The molecule has 0 fully saturated rings. The first-order valence-electron chi connectivity index (χ1n) is 8.08. The predicted molar refractivity (Wildman–Crippen MR) is 88.4 cm³/mol. The molecule has 0 saturated heterocycles. The molecule has 0 heterocycles. The summed E-state index contributed by atoms with van der Waals surface area (Å²) in [4.78, 5) is 26.0. The summed E-state index contributed by atoms with van der Waals surface area (Å²) in [5, 5.41) is 20.1. The van der Waals surface area contributed by atoms with Crippen molar-refractivity contribution in [3.63, 3.8) is 0 Å². The fourth-order valence-corrected chi connectivity index (χ4v) is 3.69. The van der Waals surface area contributed by atoms with Gasteiger partial charge in [0.2, 0.25) is 0 Å². The Kier molecular flexibility index (Phi) is 3.79. The Bertz CT molecular complexity index is 754. The number of ketones is 2. The Morgan fingerprint density at radius 2 is 1.58 bits per heavy atom. The number of Topliss-reactive ketones (excluding diaryl/α,β-unsaturated/α-hetero) is 2. The smallest absolute Gasteiger partial charge is 0.174 e. The van der Waals surface area contributed by atoms with E-state index in [-0.39, 0.29) is 34.2 Å². The molecular formula is C19H22O5. The molecule has 0 unspecified atom stereocenters. The molecule has 1 aromatic rings. The van der Waals surface area contributed by atoms with Crippen molar-refractivity contribution in [1.82, 2.24) is 0 Å². The summed E-state index contributed by atoms with van der Waals surface area (Å²) in [6.45, 7) is 7.59. The molecule has 5 nitrogen and oxygen atoms in total. The fraction of sp³-hybridized carbons (Fsp3) is 0.474. The first-order valence-corrected chi connectivity index (χ1v) is 8.08. The van der Waals surface area contributed by atoms with Crippen LogP contribution in [0.1, 0.15) is 54.8 Å². The van der Waals surface area contributed by atoms with Crippen LogP contribution in [0.2, 0.25) is 0 Å². The molecule has 0 bridgehead atoms. The van der Waals surface area contributed by atoms with Crippen molar-refractivity contribution in [2.45, 2.75) is 45.8 Å². The maximum atomic E-state index is 13.0. The van der Waals surface area contributed by atoms with Gasteiger partial charge in [-0.15, -0.1) is 0 Å². The Balaban J connectivity index is 2.14. The van der Waals surface area contributed by atoms with Crippen molar-refractivity contribution < 1.29 is 24.5 Å². The molecule has 5 heteroatoms. The monoisotopic (exact) mass is 330 g/mol. The summed E-state index contributed by atoms with van der Waals surface area (Å²) >= 11 is 0. The van der Waals surface area contributed by atoms with Crippen LogP contribution in [0.25, 0.3) is 0 Å². The Morgan fingerprint density at radius 3 is 2.12 bits per heavy atom. The van der Waals surface area contributed by atoms with Crippen LogP contribution in [-0.4, -0.2) is 33.5 Å². The van der Waals surface area contributed by atoms with E-state index in [1.807, 2.05) is 33.8 Å². The van der Waals surface area contributed by atoms with Gasteiger partial charge in [0.15, 0.2) is 11.6 Å². The molecule has 3 rings (SSSR count). The number of fused-ring (bicyclic) bond motifs is 2. The number of aromatic hydroxyl groups is 2. The normalized spacial score (nSPS) is 26.7. The van der Waals surface area contributed by atoms with E-state index in [9.17, 15) is 19.8 Å². The summed E-state index contributed by atoms with van der Waals surface area (Å²) in [7, 11) is 0. The highest BCUT2D eigenvalue weighted by Crippen LogP contribution is 2.45. The molecule has 24 heavy (non-hydrogen) atoms. The first kappa shape index (κ1) is 16.7. The number of ether oxygens (including phenoxy) is 1. The van der Waals surface area contributed by atoms with Crippen molar-refractivity contribution in [2.75, 3.05) is 0 Å². The number of carbonyl (C=O) groups is 2. The number of benzene rings is 1. The minimum atomic E-state index is -0.680. The van der Waals surface area contributed by atoms with Crippen molar-refractivity contribution in [3.8, 4) is 11.5 Å². The molecule has 0 spiro atoms. The second-order valence-corrected chi connectivity index (χ2v) is 7.63. The van der Waals surface area contributed by atoms with Crippen molar-refractivity contribution in [2.24, 2.45) is 11.8 Å². The maximum absolute atomic E-state index is 13.0. The summed E-state index contributed by atoms with van der Waals surface area (Å²) in [5.41, 5.74) is 0.352. The minimum absolute atomic E-state index is 0.0644. The van der Waals surface area contributed by atoms with Gasteiger partial charge in [-0.25, -0.2) is 0 Å². The van der Waals surface area contributed by atoms with E-state index in [0.717, 1.165) is 5.57 Å². The predicted octanol–water partition coefficient (Wildman–Crippen LogP) is 3.24. The standard InChI is InChI=1S/C19H22O5/c1-9-7-10-14(13(8-9)24-19(2,3)4)18(23)16-12(21)6-5-11(20)15(16)17(10)22/h5-6,8,10,13-14,20-21H,7H2,1-4H3/t10-,13-,14+/m1/s1. The Hall–Kier alpha value is -2.14. The van der Waals surface area contributed by atoms with Crippen LogP contribution in [0.4, 0.5) is 0 Å². The van der Waals surface area contributed by atoms with Gasteiger partial charge in [-0.05, 0) is 46.2 Å². The van der Waals surface area contributed by atoms with Crippen LogP contribution < -0.4 is 0 Å². The molecule has 3 atom stereocenters. The van der Waals surface area contributed by atoms with Crippen LogP contribution in [-0.2, 0) is 4.74 Å². The highest BCUT2D eigenvalue weighted by molar-refractivity contribution is 6.19. The zero-order valence-corrected chi connectivity index (χ0v) is 14.3. The summed E-state index contributed by atoms with van der Waals surface area (Å²) in [6, 6.07) is 2.48. The van der Waals surface area contributed by atoms with E-state index in [2.05, 4.69) is 0 Å². The van der Waals surface area contributed by atoms with Gasteiger partial charge < -0.3 is 14.9 Å². The molecular weight excluding hydrogens is 308 g/mol. The second-order valence-electron chi connectivity index (χ2n) is 7.63. The van der Waals surface area contributed by atoms with Crippen LogP contribution in [0, 0.1) is 11.8 Å². The van der Waals surface area contributed by atoms with Gasteiger partial charge in [-0.1, -0.05) is 11.6 Å². The number of carbonyl (C=O) groups excluding carboxylic acids is 2. The number of phenolic OH excluding ortho intramolecular Hbond substituents is 2. The van der Waals surface area contributed by atoms with Gasteiger partial charge in [0.1, 0.15) is 11.5 Å². The van der Waals surface area contributed by atoms with Crippen LogP contribution in [0.15, 0.2) is 23.8 Å². The zero-order valence-electron chi connectivity index (χ0n) is 14.3. The molecule has 128 valence electrons. The van der Waals surface area contributed by atoms with Gasteiger partial charge in [-0.2, -0.15) is 0 Å². The summed E-state index contributed by atoms with van der Waals surface area (Å²) in [6.07, 6.45) is 1.81. The van der Waals surface area contributed by atoms with E-state index < -0.39 is 23.5 Å². The number of hydrogen-bond acceptors (Lipinski definition) is 5. The SMILES string of the molecule is CC1=C[C@@H](OC(C)(C)C)[C@H]2C(=O)c3c(O)ccc(O)c3C(=O)[C@@H]2C1. The quantitative estimate of drug-likeness (QED) is 0.610. The van der Waals surface area contributed by atoms with Gasteiger partial charge in [0.05, 0.1) is 28.7 Å². The van der Waals surface area contributed by atoms with E-state index >= 15 is 0 Å². The largest absolute Gasteiger partial charge is 0.507 e. The molecule has 2 N–H and O–H groups in total. The van der Waals surface area contributed by atoms with Crippen molar-refractivity contribution in [3.05, 3.63) is 34.9 Å². The molecule has 0 amide bonds. The third-order valence-electron chi connectivity index (χ3n) is 4.56. The lowest BCUT2D eigenvalue weighted by Crippen LogP contribution is -2.47. The molecule has 2 aliphatic rings. The molecule has 0 aliphatic heterocycles.